The molecule has 0 atom stereocenters. The van der Waals surface area contributed by atoms with Gasteiger partial charge in [-0.25, -0.2) is 4.98 Å². The Labute approximate surface area is 304 Å². The van der Waals surface area contributed by atoms with Gasteiger partial charge in [-0.2, -0.15) is 0 Å². The highest BCUT2D eigenvalue weighted by atomic mass is 16.3. The second-order valence-electron chi connectivity index (χ2n) is 14.1. The molecule has 0 saturated heterocycles. The molecule has 244 valence electrons. The SMILES string of the molecule is c1ccc2c(c1)-c1cccc3c(-c4cc(-c5ccc6ccc7ccc8nc(-c9ccc%10ncccc%10c9)oc8c7c6c5)cc5ccccc45)ccc-2c13. The van der Waals surface area contributed by atoms with E-state index in [-0.39, 0.29) is 0 Å². The number of pyridine rings is 1. The van der Waals surface area contributed by atoms with Crippen molar-refractivity contribution in [3.8, 4) is 56.0 Å². The van der Waals surface area contributed by atoms with E-state index in [0.29, 0.717) is 5.89 Å². The molecule has 12 rings (SSSR count). The molecule has 3 heteroatoms. The Morgan fingerprint density at radius 3 is 2.00 bits per heavy atom. The van der Waals surface area contributed by atoms with E-state index >= 15 is 0 Å². The lowest BCUT2D eigenvalue weighted by molar-refractivity contribution is 0.623. The number of oxazole rings is 1. The second-order valence-corrected chi connectivity index (χ2v) is 14.1. The summed E-state index contributed by atoms with van der Waals surface area (Å²) in [5, 5.41) is 10.7. The molecule has 1 aliphatic rings. The van der Waals surface area contributed by atoms with E-state index in [2.05, 4.69) is 151 Å². The summed E-state index contributed by atoms with van der Waals surface area (Å²) in [6, 6.07) is 59.3. The van der Waals surface area contributed by atoms with Crippen LogP contribution >= 0.6 is 0 Å². The summed E-state index contributed by atoms with van der Waals surface area (Å²) in [5.74, 6) is 0.610. The smallest absolute Gasteiger partial charge is 0.227 e. The molecule has 0 bridgehead atoms. The molecular formula is C50H28N2O. The van der Waals surface area contributed by atoms with Crippen LogP contribution in [-0.4, -0.2) is 9.97 Å². The van der Waals surface area contributed by atoms with E-state index in [4.69, 9.17) is 9.40 Å². The van der Waals surface area contributed by atoms with E-state index in [1.54, 1.807) is 0 Å². The Kier molecular flexibility index (Phi) is 5.77. The zero-order chi connectivity index (χ0) is 34.6. The van der Waals surface area contributed by atoms with Crippen molar-refractivity contribution in [2.24, 2.45) is 0 Å². The normalized spacial score (nSPS) is 12.2. The van der Waals surface area contributed by atoms with E-state index in [9.17, 15) is 0 Å². The fraction of sp³-hybridized carbons (Fsp3) is 0. The van der Waals surface area contributed by atoms with Crippen LogP contribution in [0.2, 0.25) is 0 Å². The van der Waals surface area contributed by atoms with Crippen molar-refractivity contribution < 1.29 is 4.42 Å². The quantitative estimate of drug-likeness (QED) is 0.175. The highest BCUT2D eigenvalue weighted by molar-refractivity contribution is 6.21. The summed E-state index contributed by atoms with van der Waals surface area (Å²) in [6.07, 6.45) is 1.82. The van der Waals surface area contributed by atoms with Crippen LogP contribution in [0.1, 0.15) is 0 Å². The van der Waals surface area contributed by atoms with Gasteiger partial charge in [-0.15, -0.1) is 0 Å². The van der Waals surface area contributed by atoms with Gasteiger partial charge in [0, 0.05) is 22.5 Å². The minimum atomic E-state index is 0.610. The first kappa shape index (κ1) is 28.6. The lowest BCUT2D eigenvalue weighted by Crippen LogP contribution is -1.88. The summed E-state index contributed by atoms with van der Waals surface area (Å²) < 4.78 is 6.66. The van der Waals surface area contributed by atoms with Gasteiger partial charge < -0.3 is 4.42 Å². The maximum absolute atomic E-state index is 6.66. The van der Waals surface area contributed by atoms with Gasteiger partial charge in [-0.1, -0.05) is 115 Å². The molecule has 3 nitrogen and oxygen atoms in total. The van der Waals surface area contributed by atoms with Crippen LogP contribution in [0.25, 0.3) is 121 Å². The lowest BCUT2D eigenvalue weighted by Gasteiger charge is -2.15. The molecule has 11 aromatic rings. The van der Waals surface area contributed by atoms with Gasteiger partial charge in [0.2, 0.25) is 5.89 Å². The topological polar surface area (TPSA) is 38.9 Å². The number of benzene rings is 9. The molecule has 0 fully saturated rings. The Hall–Kier alpha value is -7.10. The highest BCUT2D eigenvalue weighted by Crippen LogP contribution is 2.50. The monoisotopic (exact) mass is 672 g/mol. The third-order valence-electron chi connectivity index (χ3n) is 11.2. The minimum Gasteiger partial charge on any atom is -0.435 e. The molecule has 0 N–H and O–H groups in total. The first-order chi connectivity index (χ1) is 26.2. The summed E-state index contributed by atoms with van der Waals surface area (Å²) in [7, 11) is 0. The Morgan fingerprint density at radius 2 is 1.06 bits per heavy atom. The number of aromatic nitrogens is 2. The first-order valence-corrected chi connectivity index (χ1v) is 18.1. The van der Waals surface area contributed by atoms with Gasteiger partial charge in [0.1, 0.15) is 5.52 Å². The standard InChI is InChI=1S/C50H28N2O/c1-2-9-36-32(7-1)25-35(28-44(36)39-20-21-42-38-11-4-3-10-37(38)40-12-5-13-41(39)48(40)42)31-17-15-29-14-16-30-18-23-46-49(47(30)43(29)27-31)53-50(52-46)34-19-22-45-33(26-34)8-6-24-51-45/h1-28H. The lowest BCUT2D eigenvalue weighted by atomic mass is 9.88. The Morgan fingerprint density at radius 1 is 0.358 bits per heavy atom. The molecule has 53 heavy (non-hydrogen) atoms. The van der Waals surface area contributed by atoms with Crippen LogP contribution in [0.3, 0.4) is 0 Å². The number of nitrogens with zero attached hydrogens (tertiary/aromatic N) is 2. The summed E-state index contributed by atoms with van der Waals surface area (Å²) in [4.78, 5) is 9.46. The molecule has 9 aromatic carbocycles. The summed E-state index contributed by atoms with van der Waals surface area (Å²) >= 11 is 0. The Balaban J connectivity index is 1.06. The van der Waals surface area contributed by atoms with Crippen LogP contribution in [0.15, 0.2) is 174 Å². The number of rotatable bonds is 3. The van der Waals surface area contributed by atoms with E-state index in [0.717, 1.165) is 54.7 Å². The molecule has 1 aliphatic carbocycles. The van der Waals surface area contributed by atoms with Crippen LogP contribution in [0.4, 0.5) is 0 Å². The van der Waals surface area contributed by atoms with Crippen molar-refractivity contribution in [3.05, 3.63) is 170 Å². The average molecular weight is 673 g/mol. The van der Waals surface area contributed by atoms with E-state index in [1.165, 1.54) is 60.5 Å². The predicted molar refractivity (Wildman–Crippen MR) is 220 cm³/mol. The molecule has 0 unspecified atom stereocenters. The molecule has 0 spiro atoms. The van der Waals surface area contributed by atoms with Crippen LogP contribution in [0, 0.1) is 0 Å². The van der Waals surface area contributed by atoms with E-state index in [1.807, 2.05) is 24.4 Å². The zero-order valence-corrected chi connectivity index (χ0v) is 28.5. The Bertz CT molecular complexity index is 3320. The molecule has 0 aliphatic heterocycles. The summed E-state index contributed by atoms with van der Waals surface area (Å²) in [5.41, 5.74) is 13.6. The highest BCUT2D eigenvalue weighted by Gasteiger charge is 2.23. The van der Waals surface area contributed by atoms with Crippen molar-refractivity contribution in [1.82, 2.24) is 9.97 Å². The fourth-order valence-corrected chi connectivity index (χ4v) is 8.78. The first-order valence-electron chi connectivity index (χ1n) is 18.1. The molecule has 0 saturated carbocycles. The van der Waals surface area contributed by atoms with Gasteiger partial charge in [-0.3, -0.25) is 4.98 Å². The average Bonchev–Trinajstić information content (AvgIpc) is 3.81. The number of hydrogen-bond acceptors (Lipinski definition) is 3. The summed E-state index contributed by atoms with van der Waals surface area (Å²) in [6.45, 7) is 0. The van der Waals surface area contributed by atoms with Gasteiger partial charge in [0.05, 0.1) is 5.52 Å². The van der Waals surface area contributed by atoms with Crippen molar-refractivity contribution in [2.45, 2.75) is 0 Å². The van der Waals surface area contributed by atoms with Crippen LogP contribution in [0.5, 0.6) is 0 Å². The van der Waals surface area contributed by atoms with Gasteiger partial charge >= 0.3 is 0 Å². The third kappa shape index (κ3) is 4.16. The molecular weight excluding hydrogens is 645 g/mol. The molecule has 0 amide bonds. The van der Waals surface area contributed by atoms with Crippen molar-refractivity contribution in [3.63, 3.8) is 0 Å². The fourth-order valence-electron chi connectivity index (χ4n) is 8.78. The van der Waals surface area contributed by atoms with Gasteiger partial charge in [0.15, 0.2) is 5.58 Å². The van der Waals surface area contributed by atoms with Gasteiger partial charge in [-0.05, 0) is 131 Å². The van der Waals surface area contributed by atoms with Crippen molar-refractivity contribution in [2.75, 3.05) is 0 Å². The van der Waals surface area contributed by atoms with Crippen molar-refractivity contribution in [1.29, 1.82) is 0 Å². The molecule has 2 aromatic heterocycles. The number of fused-ring (bicyclic) bond motifs is 10. The molecule has 0 radical (unpaired) electrons. The van der Waals surface area contributed by atoms with Gasteiger partial charge in [0.25, 0.3) is 0 Å². The largest absolute Gasteiger partial charge is 0.435 e. The molecule has 2 heterocycles. The zero-order valence-electron chi connectivity index (χ0n) is 28.5. The minimum absolute atomic E-state index is 0.610. The van der Waals surface area contributed by atoms with Crippen molar-refractivity contribution >= 4 is 65.1 Å². The van der Waals surface area contributed by atoms with Crippen LogP contribution in [-0.2, 0) is 0 Å². The van der Waals surface area contributed by atoms with E-state index < -0.39 is 0 Å². The maximum atomic E-state index is 6.66. The third-order valence-corrected chi connectivity index (χ3v) is 11.2. The predicted octanol–water partition coefficient (Wildman–Crippen LogP) is 13.6. The maximum Gasteiger partial charge on any atom is 0.227 e. The second kappa shape index (κ2) is 10.7. The van der Waals surface area contributed by atoms with Crippen LogP contribution < -0.4 is 0 Å². The number of hydrogen-bond donors (Lipinski definition) is 0.